The third-order valence-corrected chi connectivity index (χ3v) is 3.78. The van der Waals surface area contributed by atoms with Crippen molar-refractivity contribution in [2.45, 2.75) is 38.6 Å². The number of hydrogen-bond donors (Lipinski definition) is 3. The maximum Gasteiger partial charge on any atom is 0.227 e. The summed E-state index contributed by atoms with van der Waals surface area (Å²) in [5.41, 5.74) is 7.08. The van der Waals surface area contributed by atoms with Gasteiger partial charge < -0.3 is 16.4 Å². The van der Waals surface area contributed by atoms with E-state index >= 15 is 0 Å². The van der Waals surface area contributed by atoms with E-state index in [9.17, 15) is 9.59 Å². The summed E-state index contributed by atoms with van der Waals surface area (Å²) in [4.78, 5) is 23.5. The van der Waals surface area contributed by atoms with Gasteiger partial charge in [0, 0.05) is 31.1 Å². The third-order valence-electron chi connectivity index (χ3n) is 3.78. The van der Waals surface area contributed by atoms with E-state index in [-0.39, 0.29) is 17.7 Å². The Morgan fingerprint density at radius 1 is 1.24 bits per heavy atom. The lowest BCUT2D eigenvalue weighted by molar-refractivity contribution is -0.121. The van der Waals surface area contributed by atoms with Crippen LogP contribution in [0, 0.1) is 5.92 Å². The average molecular weight is 289 g/mol. The van der Waals surface area contributed by atoms with Crippen molar-refractivity contribution in [2.24, 2.45) is 11.7 Å². The van der Waals surface area contributed by atoms with E-state index in [0.29, 0.717) is 19.5 Å². The number of rotatable bonds is 6. The maximum absolute atomic E-state index is 12.1. The third kappa shape index (κ3) is 4.86. The van der Waals surface area contributed by atoms with E-state index in [1.165, 1.54) is 0 Å². The van der Waals surface area contributed by atoms with E-state index in [2.05, 4.69) is 10.6 Å². The molecule has 0 saturated heterocycles. The van der Waals surface area contributed by atoms with Crippen molar-refractivity contribution < 1.29 is 9.59 Å². The Kier molecular flexibility index (Phi) is 5.75. The van der Waals surface area contributed by atoms with Crippen LogP contribution in [-0.2, 0) is 16.1 Å². The molecule has 0 radical (unpaired) electrons. The molecule has 1 aliphatic rings. The Morgan fingerprint density at radius 3 is 2.71 bits per heavy atom. The molecule has 1 aromatic carbocycles. The van der Waals surface area contributed by atoms with E-state index < -0.39 is 0 Å². The first-order chi connectivity index (χ1) is 10.2. The quantitative estimate of drug-likeness (QED) is 0.746. The standard InChI is InChI=1S/C16H23N3O2/c17-9-8-15(20)18-11-12-4-3-7-14(10-12)19-16(21)13-5-1-2-6-13/h3-4,7,10,13H,1-2,5-6,8-9,11,17H2,(H,18,20)(H,19,21). The molecule has 1 aromatic rings. The summed E-state index contributed by atoms with van der Waals surface area (Å²) < 4.78 is 0. The lowest BCUT2D eigenvalue weighted by atomic mass is 10.1. The van der Waals surface area contributed by atoms with Crippen LogP contribution in [0.4, 0.5) is 5.69 Å². The zero-order valence-electron chi connectivity index (χ0n) is 12.2. The van der Waals surface area contributed by atoms with Crippen LogP contribution in [0.2, 0.25) is 0 Å². The lowest BCUT2D eigenvalue weighted by Gasteiger charge is -2.11. The molecular weight excluding hydrogens is 266 g/mol. The van der Waals surface area contributed by atoms with Crippen LogP contribution in [0.1, 0.15) is 37.7 Å². The molecule has 0 aromatic heterocycles. The Morgan fingerprint density at radius 2 is 2.00 bits per heavy atom. The first kappa shape index (κ1) is 15.5. The van der Waals surface area contributed by atoms with Crippen LogP contribution in [-0.4, -0.2) is 18.4 Å². The fraction of sp³-hybridized carbons (Fsp3) is 0.500. The van der Waals surface area contributed by atoms with Gasteiger partial charge in [-0.05, 0) is 30.5 Å². The zero-order chi connectivity index (χ0) is 15.1. The van der Waals surface area contributed by atoms with E-state index in [4.69, 9.17) is 5.73 Å². The molecule has 21 heavy (non-hydrogen) atoms. The second-order valence-electron chi connectivity index (χ2n) is 5.49. The fourth-order valence-electron chi connectivity index (χ4n) is 2.61. The summed E-state index contributed by atoms with van der Waals surface area (Å²) in [6, 6.07) is 7.58. The van der Waals surface area contributed by atoms with Crippen LogP contribution < -0.4 is 16.4 Å². The van der Waals surface area contributed by atoms with E-state index in [1.54, 1.807) is 0 Å². The zero-order valence-corrected chi connectivity index (χ0v) is 12.2. The van der Waals surface area contributed by atoms with Gasteiger partial charge in [-0.2, -0.15) is 0 Å². The monoisotopic (exact) mass is 289 g/mol. The van der Waals surface area contributed by atoms with Crippen molar-refractivity contribution in [3.05, 3.63) is 29.8 Å². The van der Waals surface area contributed by atoms with Gasteiger partial charge in [-0.15, -0.1) is 0 Å². The molecule has 0 bridgehead atoms. The van der Waals surface area contributed by atoms with Crippen LogP contribution in [0.15, 0.2) is 24.3 Å². The minimum atomic E-state index is -0.0575. The van der Waals surface area contributed by atoms with Gasteiger partial charge in [0.15, 0.2) is 0 Å². The second-order valence-corrected chi connectivity index (χ2v) is 5.49. The van der Waals surface area contributed by atoms with Gasteiger partial charge in [0.1, 0.15) is 0 Å². The topological polar surface area (TPSA) is 84.2 Å². The van der Waals surface area contributed by atoms with E-state index in [1.807, 2.05) is 24.3 Å². The molecule has 0 spiro atoms. The van der Waals surface area contributed by atoms with Crippen LogP contribution >= 0.6 is 0 Å². The minimum absolute atomic E-state index is 0.0575. The Balaban J connectivity index is 1.88. The molecule has 0 aliphatic heterocycles. The molecular formula is C16H23N3O2. The molecule has 1 saturated carbocycles. The number of carbonyl (C=O) groups excluding carboxylic acids is 2. The molecule has 1 fully saturated rings. The molecule has 1 aliphatic carbocycles. The maximum atomic E-state index is 12.1. The molecule has 0 heterocycles. The second kappa shape index (κ2) is 7.78. The molecule has 5 heteroatoms. The number of benzene rings is 1. The van der Waals surface area contributed by atoms with Crippen molar-refractivity contribution >= 4 is 17.5 Å². The normalized spacial score (nSPS) is 14.9. The lowest BCUT2D eigenvalue weighted by Crippen LogP contribution is -2.25. The number of hydrogen-bond acceptors (Lipinski definition) is 3. The molecule has 2 rings (SSSR count). The van der Waals surface area contributed by atoms with Crippen molar-refractivity contribution in [2.75, 3.05) is 11.9 Å². The Labute approximate surface area is 125 Å². The van der Waals surface area contributed by atoms with Gasteiger partial charge in [0.25, 0.3) is 0 Å². The molecule has 5 nitrogen and oxygen atoms in total. The van der Waals surface area contributed by atoms with E-state index in [0.717, 1.165) is 36.9 Å². The highest BCUT2D eigenvalue weighted by Gasteiger charge is 2.22. The predicted molar refractivity (Wildman–Crippen MR) is 82.5 cm³/mol. The van der Waals surface area contributed by atoms with Crippen molar-refractivity contribution in [1.29, 1.82) is 0 Å². The van der Waals surface area contributed by atoms with Crippen molar-refractivity contribution in [3.8, 4) is 0 Å². The number of amides is 2. The van der Waals surface area contributed by atoms with Gasteiger partial charge in [0.2, 0.25) is 11.8 Å². The van der Waals surface area contributed by atoms with Crippen molar-refractivity contribution in [1.82, 2.24) is 5.32 Å². The fourth-order valence-corrected chi connectivity index (χ4v) is 2.61. The molecule has 2 amide bonds. The largest absolute Gasteiger partial charge is 0.352 e. The highest BCUT2D eigenvalue weighted by Crippen LogP contribution is 2.26. The Bertz CT molecular complexity index is 496. The van der Waals surface area contributed by atoms with Crippen LogP contribution in [0.5, 0.6) is 0 Å². The average Bonchev–Trinajstić information content (AvgIpc) is 3.00. The van der Waals surface area contributed by atoms with Gasteiger partial charge >= 0.3 is 0 Å². The van der Waals surface area contributed by atoms with Crippen molar-refractivity contribution in [3.63, 3.8) is 0 Å². The van der Waals surface area contributed by atoms with Crippen LogP contribution in [0.3, 0.4) is 0 Å². The predicted octanol–water partition coefficient (Wildman–Crippen LogP) is 1.78. The van der Waals surface area contributed by atoms with Gasteiger partial charge in [-0.1, -0.05) is 25.0 Å². The molecule has 0 unspecified atom stereocenters. The first-order valence-electron chi connectivity index (χ1n) is 7.55. The molecule has 0 atom stereocenters. The summed E-state index contributed by atoms with van der Waals surface area (Å²) >= 11 is 0. The summed E-state index contributed by atoms with van der Waals surface area (Å²) in [5, 5.41) is 5.77. The molecule has 114 valence electrons. The minimum Gasteiger partial charge on any atom is -0.352 e. The number of carbonyl (C=O) groups is 2. The SMILES string of the molecule is NCCC(=O)NCc1cccc(NC(=O)C2CCCC2)c1. The van der Waals surface area contributed by atoms with Crippen LogP contribution in [0.25, 0.3) is 0 Å². The van der Waals surface area contributed by atoms with Gasteiger partial charge in [-0.25, -0.2) is 0 Å². The highest BCUT2D eigenvalue weighted by atomic mass is 16.2. The number of nitrogens with two attached hydrogens (primary N) is 1. The van der Waals surface area contributed by atoms with Gasteiger partial charge in [-0.3, -0.25) is 9.59 Å². The first-order valence-corrected chi connectivity index (χ1v) is 7.55. The Hall–Kier alpha value is -1.88. The molecule has 4 N–H and O–H groups in total. The summed E-state index contributed by atoms with van der Waals surface area (Å²) in [5.74, 6) is 0.202. The summed E-state index contributed by atoms with van der Waals surface area (Å²) in [7, 11) is 0. The highest BCUT2D eigenvalue weighted by molar-refractivity contribution is 5.92. The summed E-state index contributed by atoms with van der Waals surface area (Å²) in [6.45, 7) is 0.801. The van der Waals surface area contributed by atoms with Gasteiger partial charge in [0.05, 0.1) is 0 Å². The number of anilines is 1. The summed E-state index contributed by atoms with van der Waals surface area (Å²) in [6.07, 6.45) is 4.59. The smallest absolute Gasteiger partial charge is 0.227 e. The number of nitrogens with one attached hydrogen (secondary N) is 2.